The van der Waals surface area contributed by atoms with E-state index in [0.717, 1.165) is 187 Å². The minimum atomic E-state index is 0.232. The van der Waals surface area contributed by atoms with E-state index in [1.54, 1.807) is 0 Å². The number of fused-ring (bicyclic) bond motifs is 8. The van der Waals surface area contributed by atoms with Gasteiger partial charge in [0.2, 0.25) is 5.95 Å². The van der Waals surface area contributed by atoms with Crippen LogP contribution in [0.15, 0.2) is 133 Å². The quantitative estimate of drug-likeness (QED) is 0.0523. The monoisotopic (exact) mass is 965 g/mol. The fraction of sp³-hybridized carbons (Fsp3) is 0.387. The SMILES string of the molecule is CCC1(COCCCCCOCc2ccc3c(c2)c2c(ccc4c5cc(COCCCCCOCC6(CC)COC6)ccc5n(-c5nc(-c6ccccc6)c6ccccc6n5)c42)n3-c2ccccc2)COC1. The number of ether oxygens (including phenoxy) is 6. The number of hydrogen-bond acceptors (Lipinski definition) is 8. The van der Waals surface area contributed by atoms with E-state index in [2.05, 4.69) is 156 Å². The van der Waals surface area contributed by atoms with Gasteiger partial charge in [-0.15, -0.1) is 0 Å². The van der Waals surface area contributed by atoms with Gasteiger partial charge in [-0.25, -0.2) is 9.97 Å². The molecule has 372 valence electrons. The van der Waals surface area contributed by atoms with Crippen LogP contribution in [0.4, 0.5) is 0 Å². The van der Waals surface area contributed by atoms with Gasteiger partial charge in [-0.2, -0.15) is 0 Å². The Balaban J connectivity index is 0.924. The molecule has 0 aliphatic carbocycles. The fourth-order valence-electron chi connectivity index (χ4n) is 10.6. The highest BCUT2D eigenvalue weighted by Crippen LogP contribution is 2.43. The van der Waals surface area contributed by atoms with E-state index in [1.165, 1.54) is 0 Å². The summed E-state index contributed by atoms with van der Waals surface area (Å²) in [4.78, 5) is 10.9. The fourth-order valence-corrected chi connectivity index (χ4v) is 10.6. The largest absolute Gasteiger partial charge is 0.381 e. The molecule has 0 spiro atoms. The first-order valence-electron chi connectivity index (χ1n) is 26.4. The molecular formula is C62H68N4O6. The van der Waals surface area contributed by atoms with Crippen LogP contribution in [-0.2, 0) is 41.6 Å². The van der Waals surface area contributed by atoms with Gasteiger partial charge < -0.3 is 33.0 Å². The van der Waals surface area contributed by atoms with Crippen LogP contribution in [0.1, 0.15) is 76.3 Å². The highest BCUT2D eigenvalue weighted by Gasteiger charge is 2.37. The summed E-state index contributed by atoms with van der Waals surface area (Å²) in [6.07, 6.45) is 8.43. The third-order valence-electron chi connectivity index (χ3n) is 15.3. The summed E-state index contributed by atoms with van der Waals surface area (Å²) in [5, 5.41) is 5.59. The first kappa shape index (κ1) is 48.3. The standard InChI is InChI=1S/C62H68N4O6/c1-3-61(41-71-42-61)39-69-33-17-7-15-31-67-37-45-25-28-54-51(35-45)49-27-30-56-57(59(49)66(54)60-63-53-24-14-13-23-50(53)58(64-60)47-19-9-5-10-20-47)52-36-46(26-29-55(52)65(56)48-21-11-6-12-22-48)38-68-32-16-8-18-34-70-40-62(4-2)43-72-44-62/h5-6,9-14,19-30,35-36H,3-4,7-8,15-18,31-34,37-44H2,1-2H3. The first-order chi connectivity index (χ1) is 35.6. The smallest absolute Gasteiger partial charge is 0.235 e. The van der Waals surface area contributed by atoms with Crippen LogP contribution >= 0.6 is 0 Å². The van der Waals surface area contributed by atoms with Crippen LogP contribution < -0.4 is 0 Å². The third-order valence-corrected chi connectivity index (χ3v) is 15.3. The average molecular weight is 965 g/mol. The van der Waals surface area contributed by atoms with Gasteiger partial charge in [0.1, 0.15) is 0 Å². The van der Waals surface area contributed by atoms with Crippen molar-refractivity contribution in [3.8, 4) is 22.9 Å². The summed E-state index contributed by atoms with van der Waals surface area (Å²) in [5.74, 6) is 0.631. The number of hydrogen-bond donors (Lipinski definition) is 0. The molecule has 0 saturated carbocycles. The second-order valence-corrected chi connectivity index (χ2v) is 20.3. The molecule has 9 aromatic rings. The summed E-state index contributed by atoms with van der Waals surface area (Å²) >= 11 is 0. The van der Waals surface area contributed by atoms with Crippen molar-refractivity contribution in [2.24, 2.45) is 10.8 Å². The van der Waals surface area contributed by atoms with Crippen molar-refractivity contribution >= 4 is 54.5 Å². The van der Waals surface area contributed by atoms with Crippen molar-refractivity contribution in [3.05, 3.63) is 145 Å². The number of para-hydroxylation sites is 2. The molecule has 0 unspecified atom stereocenters. The van der Waals surface area contributed by atoms with E-state index >= 15 is 0 Å². The summed E-state index contributed by atoms with van der Waals surface area (Å²) in [7, 11) is 0. The third kappa shape index (κ3) is 9.93. The molecule has 2 fully saturated rings. The van der Waals surface area contributed by atoms with Gasteiger partial charge >= 0.3 is 0 Å². The zero-order valence-corrected chi connectivity index (χ0v) is 42.1. The zero-order chi connectivity index (χ0) is 48.7. The number of nitrogens with zero attached hydrogens (tertiary/aromatic N) is 4. The van der Waals surface area contributed by atoms with Crippen molar-refractivity contribution in [3.63, 3.8) is 0 Å². The molecule has 3 aromatic heterocycles. The zero-order valence-electron chi connectivity index (χ0n) is 42.1. The molecule has 11 rings (SSSR count). The van der Waals surface area contributed by atoms with E-state index in [-0.39, 0.29) is 10.8 Å². The topological polar surface area (TPSA) is 91.0 Å². The first-order valence-corrected chi connectivity index (χ1v) is 26.4. The van der Waals surface area contributed by atoms with Crippen molar-refractivity contribution in [1.82, 2.24) is 19.1 Å². The maximum Gasteiger partial charge on any atom is 0.235 e. The summed E-state index contributed by atoms with van der Waals surface area (Å²) in [6.45, 7) is 13.4. The van der Waals surface area contributed by atoms with Crippen LogP contribution in [-0.4, -0.2) is 85.2 Å². The summed E-state index contributed by atoms with van der Waals surface area (Å²) in [5.41, 5.74) is 11.0. The molecule has 5 heterocycles. The Morgan fingerprint density at radius 3 is 1.62 bits per heavy atom. The Labute approximate surface area is 423 Å². The van der Waals surface area contributed by atoms with Gasteiger partial charge in [0, 0.05) is 75.4 Å². The minimum absolute atomic E-state index is 0.232. The lowest BCUT2D eigenvalue weighted by Crippen LogP contribution is -2.45. The molecule has 0 amide bonds. The predicted octanol–water partition coefficient (Wildman–Crippen LogP) is 13.8. The second kappa shape index (κ2) is 22.0. The van der Waals surface area contributed by atoms with Crippen molar-refractivity contribution in [2.75, 3.05) is 66.1 Å². The number of unbranched alkanes of at least 4 members (excludes halogenated alkanes) is 4. The van der Waals surface area contributed by atoms with Crippen LogP contribution in [0.25, 0.3) is 77.4 Å². The molecule has 6 aromatic carbocycles. The molecule has 2 aliphatic rings. The molecule has 0 radical (unpaired) electrons. The highest BCUT2D eigenvalue weighted by molar-refractivity contribution is 6.26. The van der Waals surface area contributed by atoms with Crippen molar-refractivity contribution in [2.45, 2.75) is 78.4 Å². The van der Waals surface area contributed by atoms with E-state index in [0.29, 0.717) is 32.4 Å². The molecule has 0 atom stereocenters. The Hall–Kier alpha value is -5.98. The Kier molecular flexibility index (Phi) is 14.8. The van der Waals surface area contributed by atoms with Gasteiger partial charge in [-0.05, 0) is 111 Å². The Morgan fingerprint density at radius 2 is 1.03 bits per heavy atom. The molecule has 0 bridgehead atoms. The second-order valence-electron chi connectivity index (χ2n) is 20.3. The molecular weight excluding hydrogens is 897 g/mol. The minimum Gasteiger partial charge on any atom is -0.381 e. The molecule has 2 aliphatic heterocycles. The predicted molar refractivity (Wildman–Crippen MR) is 289 cm³/mol. The lowest BCUT2D eigenvalue weighted by Gasteiger charge is -2.40. The van der Waals surface area contributed by atoms with Crippen LogP contribution in [0.3, 0.4) is 0 Å². The van der Waals surface area contributed by atoms with Gasteiger partial charge in [0.15, 0.2) is 0 Å². The Bertz CT molecular complexity index is 3260. The molecule has 2 saturated heterocycles. The van der Waals surface area contributed by atoms with Gasteiger partial charge in [-0.3, -0.25) is 4.57 Å². The molecule has 10 heteroatoms. The summed E-state index contributed by atoms with van der Waals surface area (Å²) < 4.78 is 40.5. The van der Waals surface area contributed by atoms with E-state index in [9.17, 15) is 0 Å². The number of aromatic nitrogens is 4. The lowest BCUT2D eigenvalue weighted by atomic mass is 9.84. The van der Waals surface area contributed by atoms with Crippen LogP contribution in [0.5, 0.6) is 0 Å². The number of benzene rings is 6. The number of rotatable bonds is 25. The van der Waals surface area contributed by atoms with E-state index in [4.69, 9.17) is 38.4 Å². The highest BCUT2D eigenvalue weighted by atomic mass is 16.5. The molecule has 0 N–H and O–H groups in total. The van der Waals surface area contributed by atoms with Gasteiger partial charge in [0.25, 0.3) is 0 Å². The average Bonchev–Trinajstić information content (AvgIpc) is 3.91. The van der Waals surface area contributed by atoms with Crippen molar-refractivity contribution < 1.29 is 28.4 Å². The maximum atomic E-state index is 6.39. The van der Waals surface area contributed by atoms with E-state index < -0.39 is 0 Å². The van der Waals surface area contributed by atoms with Gasteiger partial charge in [-0.1, -0.05) is 98.8 Å². The van der Waals surface area contributed by atoms with E-state index in [1.807, 2.05) is 0 Å². The normalized spacial score (nSPS) is 15.2. The Morgan fingerprint density at radius 1 is 0.486 bits per heavy atom. The maximum absolute atomic E-state index is 6.39. The van der Waals surface area contributed by atoms with Crippen LogP contribution in [0.2, 0.25) is 0 Å². The molecule has 10 nitrogen and oxygen atoms in total. The van der Waals surface area contributed by atoms with Crippen LogP contribution in [0, 0.1) is 10.8 Å². The van der Waals surface area contributed by atoms with Crippen molar-refractivity contribution in [1.29, 1.82) is 0 Å². The summed E-state index contributed by atoms with van der Waals surface area (Å²) in [6, 6.07) is 47.7. The lowest BCUT2D eigenvalue weighted by molar-refractivity contribution is -0.150. The van der Waals surface area contributed by atoms with Gasteiger partial charge in [0.05, 0.1) is 86.1 Å². The molecule has 72 heavy (non-hydrogen) atoms.